The Morgan fingerprint density at radius 2 is 2.07 bits per heavy atom. The van der Waals surface area contributed by atoms with Gasteiger partial charge in [0.2, 0.25) is 11.7 Å². The number of benzene rings is 1. The van der Waals surface area contributed by atoms with Crippen LogP contribution in [0.1, 0.15) is 25.0 Å². The second-order valence-electron chi connectivity index (χ2n) is 6.52. The van der Waals surface area contributed by atoms with Gasteiger partial charge in [-0.25, -0.2) is 0 Å². The highest BCUT2D eigenvalue weighted by atomic mass is 16.5. The van der Waals surface area contributed by atoms with Crippen molar-refractivity contribution in [2.45, 2.75) is 34.2 Å². The number of anilines is 2. The first-order valence-corrected chi connectivity index (χ1v) is 9.54. The van der Waals surface area contributed by atoms with Crippen molar-refractivity contribution in [1.29, 1.82) is 0 Å². The molecule has 0 spiro atoms. The molecule has 1 aromatic heterocycles. The van der Waals surface area contributed by atoms with Crippen molar-refractivity contribution in [3.05, 3.63) is 76.3 Å². The van der Waals surface area contributed by atoms with Gasteiger partial charge >= 0.3 is 5.56 Å². The molecule has 0 aliphatic heterocycles. The number of aromatic nitrogens is 2. The largest absolute Gasteiger partial charge is 0.496 e. The van der Waals surface area contributed by atoms with Crippen molar-refractivity contribution in [1.82, 2.24) is 9.55 Å². The molecule has 0 amide bonds. The van der Waals surface area contributed by atoms with Crippen molar-refractivity contribution in [2.75, 3.05) is 19.0 Å². The fourth-order valence-electron chi connectivity index (χ4n) is 2.86. The SMILES string of the molecule is C=C/C=C\C(=C/C)Cn1cc(OCC)c(=O)nc1Nc1cc(C)cc(OC)c1C. The highest BCUT2D eigenvalue weighted by Gasteiger charge is 2.13. The fourth-order valence-corrected chi connectivity index (χ4v) is 2.86. The van der Waals surface area contributed by atoms with Gasteiger partial charge in [-0.15, -0.1) is 0 Å². The fraction of sp³-hybridized carbons (Fsp3) is 0.304. The van der Waals surface area contributed by atoms with Crippen LogP contribution in [-0.2, 0) is 6.54 Å². The highest BCUT2D eigenvalue weighted by Crippen LogP contribution is 2.29. The van der Waals surface area contributed by atoms with Crippen LogP contribution in [0.15, 0.2) is 59.6 Å². The topological polar surface area (TPSA) is 65.4 Å². The summed E-state index contributed by atoms with van der Waals surface area (Å²) in [6.45, 7) is 12.4. The summed E-state index contributed by atoms with van der Waals surface area (Å²) in [6, 6.07) is 3.97. The lowest BCUT2D eigenvalue weighted by atomic mass is 10.1. The average Bonchev–Trinajstić information content (AvgIpc) is 2.70. The molecule has 0 aliphatic carbocycles. The lowest BCUT2D eigenvalue weighted by Gasteiger charge is -2.18. The van der Waals surface area contributed by atoms with Crippen molar-refractivity contribution >= 4 is 11.6 Å². The molecule has 0 saturated heterocycles. The van der Waals surface area contributed by atoms with Crippen molar-refractivity contribution in [3.63, 3.8) is 0 Å². The highest BCUT2D eigenvalue weighted by molar-refractivity contribution is 5.64. The van der Waals surface area contributed by atoms with Gasteiger partial charge in [-0.3, -0.25) is 4.79 Å². The van der Waals surface area contributed by atoms with Crippen LogP contribution >= 0.6 is 0 Å². The molecule has 6 heteroatoms. The van der Waals surface area contributed by atoms with Crippen molar-refractivity contribution in [3.8, 4) is 11.5 Å². The molecule has 1 aromatic carbocycles. The van der Waals surface area contributed by atoms with Crippen LogP contribution in [0, 0.1) is 13.8 Å². The monoisotopic (exact) mass is 395 g/mol. The first kappa shape index (κ1) is 22.0. The number of rotatable bonds is 9. The molecule has 2 rings (SSSR count). The summed E-state index contributed by atoms with van der Waals surface area (Å²) in [5.41, 5.74) is 3.43. The van der Waals surface area contributed by atoms with Crippen LogP contribution < -0.4 is 20.3 Å². The standard InChI is InChI=1S/C23H29N3O3/c1-7-10-11-18(8-2)14-26-15-21(29-9-3)22(27)25-23(26)24-19-12-16(4)13-20(28-6)17(19)5/h7-8,10-13,15H,1,9,14H2,2-6H3,(H,24,25,27)/b11-10-,18-8+. The van der Waals surface area contributed by atoms with Crippen molar-refractivity contribution in [2.24, 2.45) is 0 Å². The Morgan fingerprint density at radius 1 is 1.31 bits per heavy atom. The predicted octanol–water partition coefficient (Wildman–Crippen LogP) is 4.70. The minimum Gasteiger partial charge on any atom is -0.496 e. The van der Waals surface area contributed by atoms with Gasteiger partial charge in [0.05, 0.1) is 26.5 Å². The normalized spacial score (nSPS) is 11.6. The maximum atomic E-state index is 12.4. The summed E-state index contributed by atoms with van der Waals surface area (Å²) in [5, 5.41) is 3.30. The van der Waals surface area contributed by atoms with Crippen LogP contribution in [0.3, 0.4) is 0 Å². The van der Waals surface area contributed by atoms with E-state index in [-0.39, 0.29) is 5.75 Å². The summed E-state index contributed by atoms with van der Waals surface area (Å²) in [5.74, 6) is 1.43. The number of allylic oxidation sites excluding steroid dienone is 5. The zero-order valence-corrected chi connectivity index (χ0v) is 17.8. The van der Waals surface area contributed by atoms with Gasteiger partial charge in [-0.1, -0.05) is 30.9 Å². The Hall–Kier alpha value is -3.28. The van der Waals surface area contributed by atoms with Crippen LogP contribution in [0.5, 0.6) is 11.5 Å². The van der Waals surface area contributed by atoms with E-state index in [1.165, 1.54) is 0 Å². The quantitative estimate of drug-likeness (QED) is 0.624. The van der Waals surface area contributed by atoms with Crippen molar-refractivity contribution < 1.29 is 9.47 Å². The van der Waals surface area contributed by atoms with E-state index in [0.717, 1.165) is 28.1 Å². The maximum Gasteiger partial charge on any atom is 0.316 e. The van der Waals surface area contributed by atoms with Crippen LogP contribution in [0.2, 0.25) is 0 Å². The third-order valence-electron chi connectivity index (χ3n) is 4.40. The minimum absolute atomic E-state index is 0.222. The van der Waals surface area contributed by atoms with E-state index in [4.69, 9.17) is 9.47 Å². The molecule has 0 fully saturated rings. The molecule has 2 aromatic rings. The zero-order valence-electron chi connectivity index (χ0n) is 17.8. The smallest absolute Gasteiger partial charge is 0.316 e. The molecule has 29 heavy (non-hydrogen) atoms. The Bertz CT molecular complexity index is 988. The van der Waals surface area contributed by atoms with Crippen LogP contribution in [0.25, 0.3) is 0 Å². The van der Waals surface area contributed by atoms with Gasteiger partial charge in [-0.2, -0.15) is 4.98 Å². The number of ether oxygens (including phenoxy) is 2. The third kappa shape index (κ3) is 5.60. The van der Waals surface area contributed by atoms with Gasteiger partial charge in [-0.05, 0) is 51.0 Å². The molecule has 0 bridgehead atoms. The van der Waals surface area contributed by atoms with E-state index in [2.05, 4.69) is 16.9 Å². The van der Waals surface area contributed by atoms with Crippen LogP contribution in [0.4, 0.5) is 11.6 Å². The van der Waals surface area contributed by atoms with E-state index in [1.54, 1.807) is 19.4 Å². The van der Waals surface area contributed by atoms with Gasteiger partial charge in [0, 0.05) is 11.3 Å². The summed E-state index contributed by atoms with van der Waals surface area (Å²) >= 11 is 0. The predicted molar refractivity (Wildman–Crippen MR) is 119 cm³/mol. The first-order valence-electron chi connectivity index (χ1n) is 9.54. The molecule has 0 radical (unpaired) electrons. The molecule has 0 atom stereocenters. The minimum atomic E-state index is -0.411. The van der Waals surface area contributed by atoms with Crippen LogP contribution in [-0.4, -0.2) is 23.3 Å². The lowest BCUT2D eigenvalue weighted by molar-refractivity contribution is 0.331. The maximum absolute atomic E-state index is 12.4. The zero-order chi connectivity index (χ0) is 21.4. The van der Waals surface area contributed by atoms with Gasteiger partial charge < -0.3 is 19.4 Å². The van der Waals surface area contributed by atoms with E-state index >= 15 is 0 Å². The molecule has 0 saturated carbocycles. The molecule has 6 nitrogen and oxygen atoms in total. The summed E-state index contributed by atoms with van der Waals surface area (Å²) < 4.78 is 12.8. The molecule has 0 aliphatic rings. The third-order valence-corrected chi connectivity index (χ3v) is 4.40. The molecular weight excluding hydrogens is 366 g/mol. The van der Waals surface area contributed by atoms with E-state index in [1.807, 2.05) is 62.6 Å². The van der Waals surface area contributed by atoms with E-state index in [0.29, 0.717) is 19.1 Å². The number of aryl methyl sites for hydroxylation is 1. The van der Waals surface area contributed by atoms with Gasteiger partial charge in [0.25, 0.3) is 0 Å². The Kier molecular flexibility index (Phi) is 7.83. The second-order valence-corrected chi connectivity index (χ2v) is 6.52. The summed E-state index contributed by atoms with van der Waals surface area (Å²) in [6.07, 6.45) is 9.26. The lowest BCUT2D eigenvalue weighted by Crippen LogP contribution is -2.20. The molecule has 1 heterocycles. The second kappa shape index (κ2) is 10.3. The first-order chi connectivity index (χ1) is 13.9. The molecular formula is C23H29N3O3. The summed E-state index contributed by atoms with van der Waals surface area (Å²) in [4.78, 5) is 16.7. The molecule has 0 unspecified atom stereocenters. The number of nitrogens with one attached hydrogen (secondary N) is 1. The van der Waals surface area contributed by atoms with E-state index in [9.17, 15) is 4.79 Å². The van der Waals surface area contributed by atoms with Gasteiger partial charge in [0.15, 0.2) is 0 Å². The Morgan fingerprint density at radius 3 is 2.69 bits per heavy atom. The Balaban J connectivity index is 2.54. The van der Waals surface area contributed by atoms with E-state index < -0.39 is 5.56 Å². The number of nitrogens with zero attached hydrogens (tertiary/aromatic N) is 2. The number of hydrogen-bond donors (Lipinski definition) is 1. The number of methoxy groups -OCH3 is 1. The number of hydrogen-bond acceptors (Lipinski definition) is 5. The Labute approximate surface area is 172 Å². The summed E-state index contributed by atoms with van der Waals surface area (Å²) in [7, 11) is 1.64. The molecule has 1 N–H and O–H groups in total. The molecule has 154 valence electrons. The van der Waals surface area contributed by atoms with Gasteiger partial charge in [0.1, 0.15) is 5.75 Å². The average molecular weight is 396 g/mol.